The number of para-hydroxylation sites is 1. The van der Waals surface area contributed by atoms with Crippen molar-refractivity contribution in [2.45, 2.75) is 13.3 Å². The van der Waals surface area contributed by atoms with Gasteiger partial charge in [-0.05, 0) is 35.9 Å². The summed E-state index contributed by atoms with van der Waals surface area (Å²) in [6, 6.07) is 20.8. The molecule has 3 aromatic carbocycles. The topological polar surface area (TPSA) is 71.3 Å². The molecular weight excluding hydrogens is 340 g/mol. The highest BCUT2D eigenvalue weighted by atomic mass is 16.3. The molecular formula is C22H18N2O3. The van der Waals surface area contributed by atoms with E-state index in [1.54, 1.807) is 12.1 Å². The fraction of sp³-hybridized carbons (Fsp3) is 0.0909. The van der Waals surface area contributed by atoms with Gasteiger partial charge in [-0.25, -0.2) is 0 Å². The van der Waals surface area contributed by atoms with Crippen LogP contribution in [0.15, 0.2) is 71.1 Å². The summed E-state index contributed by atoms with van der Waals surface area (Å²) < 4.78 is 5.85. The van der Waals surface area contributed by atoms with Gasteiger partial charge in [-0.1, -0.05) is 30.3 Å². The molecule has 5 nitrogen and oxygen atoms in total. The zero-order valence-corrected chi connectivity index (χ0v) is 14.8. The van der Waals surface area contributed by atoms with Crippen LogP contribution in [0.5, 0.6) is 0 Å². The van der Waals surface area contributed by atoms with Crippen molar-refractivity contribution < 1.29 is 14.0 Å². The number of amides is 2. The minimum Gasteiger partial charge on any atom is -0.456 e. The monoisotopic (exact) mass is 358 g/mol. The summed E-state index contributed by atoms with van der Waals surface area (Å²) in [5.74, 6) is -0.237. The van der Waals surface area contributed by atoms with Crippen LogP contribution in [0.1, 0.15) is 12.5 Å². The lowest BCUT2D eigenvalue weighted by Crippen LogP contribution is -2.14. The highest BCUT2D eigenvalue weighted by Gasteiger charge is 2.09. The molecule has 4 rings (SSSR count). The lowest BCUT2D eigenvalue weighted by molar-refractivity contribution is -0.116. The number of nitrogens with one attached hydrogen (secondary N) is 2. The van der Waals surface area contributed by atoms with Crippen molar-refractivity contribution in [2.24, 2.45) is 0 Å². The molecule has 0 bridgehead atoms. The van der Waals surface area contributed by atoms with Gasteiger partial charge >= 0.3 is 0 Å². The summed E-state index contributed by atoms with van der Waals surface area (Å²) >= 11 is 0. The van der Waals surface area contributed by atoms with Gasteiger partial charge in [0.2, 0.25) is 11.8 Å². The van der Waals surface area contributed by atoms with Crippen LogP contribution >= 0.6 is 0 Å². The molecule has 0 aliphatic carbocycles. The average molecular weight is 358 g/mol. The molecule has 1 aromatic heterocycles. The van der Waals surface area contributed by atoms with Crippen LogP contribution in [0.4, 0.5) is 11.4 Å². The maximum atomic E-state index is 12.3. The van der Waals surface area contributed by atoms with E-state index in [0.29, 0.717) is 11.4 Å². The first kappa shape index (κ1) is 16.8. The van der Waals surface area contributed by atoms with Gasteiger partial charge in [0.25, 0.3) is 0 Å². The van der Waals surface area contributed by atoms with E-state index in [1.165, 1.54) is 6.92 Å². The molecule has 1 heterocycles. The minimum absolute atomic E-state index is 0.113. The Balaban J connectivity index is 1.47. The number of anilines is 2. The van der Waals surface area contributed by atoms with Crippen molar-refractivity contribution >= 4 is 45.1 Å². The van der Waals surface area contributed by atoms with Gasteiger partial charge in [-0.3, -0.25) is 9.59 Å². The number of carbonyl (C=O) groups is 2. The van der Waals surface area contributed by atoms with Crippen molar-refractivity contribution in [3.8, 4) is 0 Å². The van der Waals surface area contributed by atoms with Crippen molar-refractivity contribution in [3.63, 3.8) is 0 Å². The fourth-order valence-corrected chi connectivity index (χ4v) is 3.10. The van der Waals surface area contributed by atoms with Crippen LogP contribution in [0.2, 0.25) is 0 Å². The molecule has 0 aliphatic heterocycles. The Morgan fingerprint density at radius 1 is 0.815 bits per heavy atom. The van der Waals surface area contributed by atoms with Crippen molar-refractivity contribution in [3.05, 3.63) is 72.3 Å². The third-order valence-electron chi connectivity index (χ3n) is 4.30. The predicted molar refractivity (Wildman–Crippen MR) is 107 cm³/mol. The molecule has 0 fully saturated rings. The molecule has 4 aromatic rings. The molecule has 0 spiro atoms. The molecule has 27 heavy (non-hydrogen) atoms. The minimum atomic E-state index is -0.124. The number of benzene rings is 3. The first-order valence-electron chi connectivity index (χ1n) is 8.66. The summed E-state index contributed by atoms with van der Waals surface area (Å²) in [5.41, 5.74) is 3.85. The van der Waals surface area contributed by atoms with E-state index in [2.05, 4.69) is 10.6 Å². The Morgan fingerprint density at radius 3 is 2.30 bits per heavy atom. The van der Waals surface area contributed by atoms with Crippen molar-refractivity contribution in [1.82, 2.24) is 0 Å². The van der Waals surface area contributed by atoms with Crippen LogP contribution < -0.4 is 10.6 Å². The molecule has 0 unspecified atom stereocenters. The molecule has 2 N–H and O–H groups in total. The Kier molecular flexibility index (Phi) is 4.34. The van der Waals surface area contributed by atoms with Gasteiger partial charge in [-0.2, -0.15) is 0 Å². The summed E-state index contributed by atoms with van der Waals surface area (Å²) in [5, 5.41) is 7.69. The molecule has 0 saturated carbocycles. The lowest BCUT2D eigenvalue weighted by atomic mass is 10.1. The predicted octanol–water partition coefficient (Wildman–Crippen LogP) is 4.73. The van der Waals surface area contributed by atoms with Gasteiger partial charge in [-0.15, -0.1) is 0 Å². The lowest BCUT2D eigenvalue weighted by Gasteiger charge is -2.07. The van der Waals surface area contributed by atoms with E-state index >= 15 is 0 Å². The molecule has 0 radical (unpaired) electrons. The van der Waals surface area contributed by atoms with E-state index in [4.69, 9.17) is 4.42 Å². The Hall–Kier alpha value is -3.60. The normalized spacial score (nSPS) is 10.9. The average Bonchev–Trinajstić information content (AvgIpc) is 3.00. The number of hydrogen-bond donors (Lipinski definition) is 2. The van der Waals surface area contributed by atoms with Crippen LogP contribution in [-0.4, -0.2) is 11.8 Å². The zero-order chi connectivity index (χ0) is 18.8. The first-order valence-corrected chi connectivity index (χ1v) is 8.66. The maximum Gasteiger partial charge on any atom is 0.228 e. The van der Waals surface area contributed by atoms with E-state index in [1.807, 2.05) is 54.6 Å². The summed E-state index contributed by atoms with van der Waals surface area (Å²) in [7, 11) is 0. The maximum absolute atomic E-state index is 12.3. The van der Waals surface area contributed by atoms with Crippen LogP contribution in [0.3, 0.4) is 0 Å². The highest BCUT2D eigenvalue weighted by molar-refractivity contribution is 6.06. The quantitative estimate of drug-likeness (QED) is 0.554. The Labute approximate surface area is 156 Å². The second-order valence-electron chi connectivity index (χ2n) is 6.41. The van der Waals surface area contributed by atoms with Gasteiger partial charge in [0, 0.05) is 35.1 Å². The number of rotatable bonds is 4. The number of carbonyl (C=O) groups excluding carboxylic acids is 2. The van der Waals surface area contributed by atoms with Crippen LogP contribution in [0.25, 0.3) is 21.9 Å². The largest absolute Gasteiger partial charge is 0.456 e. The number of fused-ring (bicyclic) bond motifs is 3. The molecule has 0 aliphatic rings. The molecule has 0 atom stereocenters. The third kappa shape index (κ3) is 3.67. The molecule has 134 valence electrons. The van der Waals surface area contributed by atoms with Gasteiger partial charge in [0.1, 0.15) is 11.2 Å². The highest BCUT2D eigenvalue weighted by Crippen LogP contribution is 2.30. The second kappa shape index (κ2) is 6.96. The number of hydrogen-bond acceptors (Lipinski definition) is 3. The Morgan fingerprint density at radius 2 is 1.52 bits per heavy atom. The molecule has 5 heteroatoms. The third-order valence-corrected chi connectivity index (χ3v) is 4.30. The fourth-order valence-electron chi connectivity index (χ4n) is 3.10. The van der Waals surface area contributed by atoms with E-state index in [-0.39, 0.29) is 18.2 Å². The Bertz CT molecular complexity index is 1140. The zero-order valence-electron chi connectivity index (χ0n) is 14.8. The van der Waals surface area contributed by atoms with Crippen LogP contribution in [-0.2, 0) is 16.0 Å². The van der Waals surface area contributed by atoms with E-state index < -0.39 is 0 Å². The van der Waals surface area contributed by atoms with Crippen molar-refractivity contribution in [1.29, 1.82) is 0 Å². The SMILES string of the molecule is CC(=O)Nc1ccc(CC(=O)Nc2ccc3c(c2)oc2ccccc23)cc1. The molecule has 2 amide bonds. The van der Waals surface area contributed by atoms with Gasteiger partial charge in [0.15, 0.2) is 0 Å². The number of furan rings is 1. The summed E-state index contributed by atoms with van der Waals surface area (Å²) in [4.78, 5) is 23.4. The first-order chi connectivity index (χ1) is 13.1. The second-order valence-corrected chi connectivity index (χ2v) is 6.41. The van der Waals surface area contributed by atoms with Crippen molar-refractivity contribution in [2.75, 3.05) is 10.6 Å². The van der Waals surface area contributed by atoms with E-state index in [0.717, 1.165) is 27.5 Å². The van der Waals surface area contributed by atoms with Gasteiger partial charge < -0.3 is 15.1 Å². The smallest absolute Gasteiger partial charge is 0.228 e. The van der Waals surface area contributed by atoms with E-state index in [9.17, 15) is 9.59 Å². The standard InChI is InChI=1S/C22H18N2O3/c1-14(25)23-16-8-6-15(7-9-16)12-22(26)24-17-10-11-19-18-4-2-3-5-20(18)27-21(19)13-17/h2-11,13H,12H2,1H3,(H,23,25)(H,24,26). The molecule has 0 saturated heterocycles. The van der Waals surface area contributed by atoms with Crippen LogP contribution in [0, 0.1) is 0 Å². The summed E-state index contributed by atoms with van der Waals surface area (Å²) in [6.07, 6.45) is 0.249. The van der Waals surface area contributed by atoms with Gasteiger partial charge in [0.05, 0.1) is 6.42 Å². The summed E-state index contributed by atoms with van der Waals surface area (Å²) in [6.45, 7) is 1.46.